The Morgan fingerprint density at radius 2 is 2.04 bits per heavy atom. The first-order valence-corrected chi connectivity index (χ1v) is 7.10. The maximum atomic E-state index is 13.2. The van der Waals surface area contributed by atoms with Gasteiger partial charge in [0.25, 0.3) is 0 Å². The summed E-state index contributed by atoms with van der Waals surface area (Å²) in [4.78, 5) is 4.37. The summed E-state index contributed by atoms with van der Waals surface area (Å²) in [6.45, 7) is 2.20. The molecule has 5 heteroatoms. The minimum atomic E-state index is -0.336. The molecule has 2 aromatic heterocycles. The predicted octanol–water partition coefficient (Wildman–Crippen LogP) is 4.42. The molecule has 0 bridgehead atoms. The number of nitrogens with zero attached hydrogens (tertiary/aromatic N) is 2. The maximum absolute atomic E-state index is 13.2. The Morgan fingerprint density at radius 3 is 2.65 bits per heavy atom. The van der Waals surface area contributed by atoms with Crippen LogP contribution in [-0.4, -0.2) is 11.6 Å². The number of ether oxygens (including phenoxy) is 1. The van der Waals surface area contributed by atoms with Crippen LogP contribution in [0.25, 0.3) is 22.6 Å². The summed E-state index contributed by atoms with van der Waals surface area (Å²) in [5, 5.41) is 9.50. The van der Waals surface area contributed by atoms with Gasteiger partial charge in [-0.2, -0.15) is 5.26 Å². The maximum Gasteiger partial charge on any atom is 0.232 e. The number of hydrogen-bond donors (Lipinski definition) is 0. The van der Waals surface area contributed by atoms with Crippen molar-refractivity contribution in [2.24, 2.45) is 0 Å². The lowest BCUT2D eigenvalue weighted by molar-refractivity contribution is 0.326. The van der Waals surface area contributed by atoms with Crippen LogP contribution in [0.4, 0.5) is 4.39 Å². The van der Waals surface area contributed by atoms with Gasteiger partial charge in [0.2, 0.25) is 5.88 Å². The Labute approximate surface area is 132 Å². The van der Waals surface area contributed by atoms with Gasteiger partial charge >= 0.3 is 0 Å². The van der Waals surface area contributed by atoms with Gasteiger partial charge in [-0.15, -0.1) is 0 Å². The Bertz CT molecular complexity index is 850. The van der Waals surface area contributed by atoms with E-state index in [2.05, 4.69) is 11.1 Å². The monoisotopic (exact) mass is 308 g/mol. The normalized spacial score (nSPS) is 10.3. The number of furan rings is 1. The van der Waals surface area contributed by atoms with Crippen LogP contribution in [0.5, 0.6) is 5.88 Å². The summed E-state index contributed by atoms with van der Waals surface area (Å²) in [6.07, 6.45) is 1.55. The van der Waals surface area contributed by atoms with E-state index >= 15 is 0 Å². The van der Waals surface area contributed by atoms with E-state index in [1.54, 1.807) is 36.6 Å². The summed E-state index contributed by atoms with van der Waals surface area (Å²) in [5.41, 5.74) is 2.20. The van der Waals surface area contributed by atoms with Crippen molar-refractivity contribution in [1.82, 2.24) is 4.98 Å². The fourth-order valence-corrected chi connectivity index (χ4v) is 2.28. The highest BCUT2D eigenvalue weighted by atomic mass is 19.1. The summed E-state index contributed by atoms with van der Waals surface area (Å²) in [7, 11) is 0. The molecular formula is C18H13FN2O2. The first-order chi connectivity index (χ1) is 11.2. The van der Waals surface area contributed by atoms with Gasteiger partial charge in [0.05, 0.1) is 12.9 Å². The highest BCUT2D eigenvalue weighted by molar-refractivity contribution is 5.76. The van der Waals surface area contributed by atoms with Crippen LogP contribution in [0.15, 0.2) is 53.1 Å². The minimum Gasteiger partial charge on any atom is -0.477 e. The molecule has 1 aromatic carbocycles. The zero-order chi connectivity index (χ0) is 16.2. The highest BCUT2D eigenvalue weighted by Gasteiger charge is 2.17. The van der Waals surface area contributed by atoms with Gasteiger partial charge in [-0.05, 0) is 42.8 Å². The molecule has 0 aliphatic carbocycles. The van der Waals surface area contributed by atoms with Gasteiger partial charge in [-0.25, -0.2) is 9.37 Å². The molecule has 3 aromatic rings. The van der Waals surface area contributed by atoms with Gasteiger partial charge in [-0.3, -0.25) is 0 Å². The molecule has 0 aliphatic heterocycles. The molecule has 0 aliphatic rings. The fraction of sp³-hybridized carbons (Fsp3) is 0.111. The molecule has 114 valence electrons. The van der Waals surface area contributed by atoms with E-state index in [1.807, 2.05) is 6.92 Å². The summed E-state index contributed by atoms with van der Waals surface area (Å²) < 4.78 is 24.0. The van der Waals surface area contributed by atoms with Crippen LogP contribution in [0.1, 0.15) is 12.5 Å². The third kappa shape index (κ3) is 2.92. The van der Waals surface area contributed by atoms with Crippen molar-refractivity contribution in [2.45, 2.75) is 6.92 Å². The molecular weight excluding hydrogens is 295 g/mol. The van der Waals surface area contributed by atoms with Gasteiger partial charge < -0.3 is 9.15 Å². The molecule has 0 unspecified atom stereocenters. The first-order valence-electron chi connectivity index (χ1n) is 7.10. The molecule has 0 saturated heterocycles. The van der Waals surface area contributed by atoms with Crippen molar-refractivity contribution in [3.8, 4) is 34.5 Å². The molecule has 3 rings (SSSR count). The molecule has 0 fully saturated rings. The van der Waals surface area contributed by atoms with E-state index < -0.39 is 0 Å². The zero-order valence-corrected chi connectivity index (χ0v) is 12.4. The molecule has 0 saturated carbocycles. The number of benzene rings is 1. The fourth-order valence-electron chi connectivity index (χ4n) is 2.28. The van der Waals surface area contributed by atoms with Crippen LogP contribution in [0.2, 0.25) is 0 Å². The van der Waals surface area contributed by atoms with E-state index in [0.717, 1.165) is 0 Å². The van der Waals surface area contributed by atoms with Crippen LogP contribution in [-0.2, 0) is 0 Å². The Balaban J connectivity index is 2.23. The van der Waals surface area contributed by atoms with Crippen LogP contribution in [0.3, 0.4) is 0 Å². The molecule has 4 nitrogen and oxygen atoms in total. The minimum absolute atomic E-state index is 0.239. The Kier molecular flexibility index (Phi) is 4.07. The van der Waals surface area contributed by atoms with E-state index in [4.69, 9.17) is 9.15 Å². The second-order valence-corrected chi connectivity index (χ2v) is 4.76. The highest BCUT2D eigenvalue weighted by Crippen LogP contribution is 2.33. The number of pyridine rings is 1. The van der Waals surface area contributed by atoms with Crippen LogP contribution >= 0.6 is 0 Å². The molecule has 0 atom stereocenters. The average molecular weight is 308 g/mol. The van der Waals surface area contributed by atoms with E-state index in [1.165, 1.54) is 12.1 Å². The molecule has 0 N–H and O–H groups in total. The summed E-state index contributed by atoms with van der Waals surface area (Å²) >= 11 is 0. The SMILES string of the molecule is CCOc1nc(-c2ccco2)cc(-c2ccc(F)cc2)c1C#N. The van der Waals surface area contributed by atoms with Gasteiger partial charge in [0, 0.05) is 5.56 Å². The van der Waals surface area contributed by atoms with Crippen molar-refractivity contribution >= 4 is 0 Å². The molecule has 23 heavy (non-hydrogen) atoms. The number of nitriles is 1. The van der Waals surface area contributed by atoms with Crippen molar-refractivity contribution in [2.75, 3.05) is 6.61 Å². The van der Waals surface area contributed by atoms with Crippen LogP contribution < -0.4 is 4.74 Å². The number of halogens is 1. The van der Waals surface area contributed by atoms with Crippen molar-refractivity contribution in [3.05, 3.63) is 60.1 Å². The van der Waals surface area contributed by atoms with Gasteiger partial charge in [0.1, 0.15) is 23.1 Å². The average Bonchev–Trinajstić information content (AvgIpc) is 3.10. The van der Waals surface area contributed by atoms with E-state index in [9.17, 15) is 9.65 Å². The Hall–Kier alpha value is -3.13. The lowest BCUT2D eigenvalue weighted by atomic mass is 10.00. The number of aromatic nitrogens is 1. The number of rotatable bonds is 4. The Morgan fingerprint density at radius 1 is 1.26 bits per heavy atom. The summed E-state index contributed by atoms with van der Waals surface area (Å²) in [6, 6.07) is 13.3. The molecule has 2 heterocycles. The van der Waals surface area contributed by atoms with Crippen molar-refractivity contribution < 1.29 is 13.5 Å². The lowest BCUT2D eigenvalue weighted by Gasteiger charge is -2.11. The first kappa shape index (κ1) is 14.8. The predicted molar refractivity (Wildman–Crippen MR) is 83.2 cm³/mol. The number of hydrogen-bond acceptors (Lipinski definition) is 4. The second kappa shape index (κ2) is 6.32. The topological polar surface area (TPSA) is 59.1 Å². The van der Waals surface area contributed by atoms with Gasteiger partial charge in [-0.1, -0.05) is 12.1 Å². The smallest absolute Gasteiger partial charge is 0.232 e. The summed E-state index contributed by atoms with van der Waals surface area (Å²) in [5.74, 6) is 0.472. The third-order valence-electron chi connectivity index (χ3n) is 3.31. The van der Waals surface area contributed by atoms with E-state index in [0.29, 0.717) is 34.8 Å². The molecule has 0 radical (unpaired) electrons. The second-order valence-electron chi connectivity index (χ2n) is 4.76. The molecule has 0 spiro atoms. The van der Waals surface area contributed by atoms with Crippen LogP contribution in [0, 0.1) is 17.1 Å². The standard InChI is InChI=1S/C18H13FN2O2/c1-2-22-18-15(11-20)14(12-5-7-13(19)8-6-12)10-16(21-18)17-4-3-9-23-17/h3-10H,2H2,1H3. The van der Waals surface area contributed by atoms with E-state index in [-0.39, 0.29) is 11.7 Å². The third-order valence-corrected chi connectivity index (χ3v) is 3.31. The largest absolute Gasteiger partial charge is 0.477 e. The molecule has 0 amide bonds. The van der Waals surface area contributed by atoms with Gasteiger partial charge in [0.15, 0.2) is 5.76 Å². The van der Waals surface area contributed by atoms with Crippen molar-refractivity contribution in [3.63, 3.8) is 0 Å². The van der Waals surface area contributed by atoms with Crippen molar-refractivity contribution in [1.29, 1.82) is 5.26 Å². The lowest BCUT2D eigenvalue weighted by Crippen LogP contribution is -2.01. The quantitative estimate of drug-likeness (QED) is 0.716. The zero-order valence-electron chi connectivity index (χ0n) is 12.4.